The molecule has 1 fully saturated rings. The zero-order valence-electron chi connectivity index (χ0n) is 21.1. The van der Waals surface area contributed by atoms with Crippen LogP contribution in [0.25, 0.3) is 0 Å². The lowest BCUT2D eigenvalue weighted by Gasteiger charge is -2.35. The van der Waals surface area contributed by atoms with Crippen molar-refractivity contribution < 1.29 is 18.0 Å². The summed E-state index contributed by atoms with van der Waals surface area (Å²) >= 11 is 1.72. The van der Waals surface area contributed by atoms with Crippen molar-refractivity contribution >= 4 is 17.7 Å². The van der Waals surface area contributed by atoms with Gasteiger partial charge >= 0.3 is 6.18 Å². The summed E-state index contributed by atoms with van der Waals surface area (Å²) in [6.45, 7) is 8.16. The van der Waals surface area contributed by atoms with Gasteiger partial charge in [0, 0.05) is 30.4 Å². The molecule has 0 radical (unpaired) electrons. The Morgan fingerprint density at radius 3 is 2.53 bits per heavy atom. The van der Waals surface area contributed by atoms with Gasteiger partial charge in [-0.1, -0.05) is 20.8 Å². The summed E-state index contributed by atoms with van der Waals surface area (Å²) in [7, 11) is 0. The van der Waals surface area contributed by atoms with E-state index in [9.17, 15) is 18.0 Å². The molecule has 0 spiro atoms. The Bertz CT molecular complexity index is 1040. The van der Waals surface area contributed by atoms with E-state index in [1.807, 2.05) is 24.4 Å². The van der Waals surface area contributed by atoms with Crippen LogP contribution in [0.15, 0.2) is 35.5 Å². The molecule has 2 aliphatic rings. The monoisotopic (exact) mass is 520 g/mol. The summed E-state index contributed by atoms with van der Waals surface area (Å²) < 4.78 is 39.2. The molecule has 0 unspecified atom stereocenters. The van der Waals surface area contributed by atoms with Crippen LogP contribution in [0.1, 0.15) is 79.8 Å². The third-order valence-electron chi connectivity index (χ3n) is 7.28. The molecule has 1 amide bonds. The van der Waals surface area contributed by atoms with Gasteiger partial charge in [-0.15, -0.1) is 11.8 Å². The molecular weight excluding hydrogens is 485 g/mol. The Hall–Kier alpha value is -2.13. The predicted molar refractivity (Wildman–Crippen MR) is 136 cm³/mol. The number of halogens is 3. The minimum Gasteiger partial charge on any atom is -0.346 e. The van der Waals surface area contributed by atoms with Crippen LogP contribution in [0, 0.1) is 17.8 Å². The molecule has 0 saturated heterocycles. The number of nitrogens with zero attached hydrogens (tertiary/aromatic N) is 3. The molecule has 4 rings (SSSR count). The Labute approximate surface area is 215 Å². The maximum Gasteiger partial charge on any atom is 0.391 e. The van der Waals surface area contributed by atoms with Crippen molar-refractivity contribution in [2.45, 2.75) is 76.7 Å². The summed E-state index contributed by atoms with van der Waals surface area (Å²) in [4.78, 5) is 25.4. The van der Waals surface area contributed by atoms with E-state index in [1.165, 1.54) is 0 Å². The first-order chi connectivity index (χ1) is 17.2. The van der Waals surface area contributed by atoms with Crippen LogP contribution in [0.3, 0.4) is 0 Å². The lowest BCUT2D eigenvalue weighted by molar-refractivity contribution is -0.184. The molecule has 3 heterocycles. The molecule has 36 heavy (non-hydrogen) atoms. The van der Waals surface area contributed by atoms with Crippen LogP contribution in [0.5, 0.6) is 0 Å². The van der Waals surface area contributed by atoms with E-state index >= 15 is 0 Å². The molecule has 196 valence electrons. The van der Waals surface area contributed by atoms with Crippen molar-refractivity contribution in [3.63, 3.8) is 0 Å². The third kappa shape index (κ3) is 6.40. The second-order valence-corrected chi connectivity index (χ2v) is 11.6. The van der Waals surface area contributed by atoms with E-state index in [-0.39, 0.29) is 30.7 Å². The Kier molecular flexibility index (Phi) is 8.60. The van der Waals surface area contributed by atoms with Gasteiger partial charge in [0.25, 0.3) is 5.91 Å². The minimum absolute atomic E-state index is 0.112. The highest BCUT2D eigenvalue weighted by molar-refractivity contribution is 7.99. The van der Waals surface area contributed by atoms with Crippen LogP contribution in [0.4, 0.5) is 13.2 Å². The summed E-state index contributed by atoms with van der Waals surface area (Å²) in [5.41, 5.74) is 3.33. The summed E-state index contributed by atoms with van der Waals surface area (Å²) in [6, 6.07) is 5.96. The number of pyridine rings is 2. The number of rotatable bonds is 8. The van der Waals surface area contributed by atoms with Gasteiger partial charge in [0.2, 0.25) is 0 Å². The number of carbonyl (C=O) groups is 1. The number of nitrogens with one attached hydrogen (secondary N) is 1. The SMILES string of the molecule is CCSc1ccc(CNC(=O)c2cnc3c(c2)CN(C[C@H]2CC[C@H](C(F)(F)F)CC2)[C@H]3C(C)C)nc1. The van der Waals surface area contributed by atoms with Crippen molar-refractivity contribution in [1.82, 2.24) is 20.2 Å². The normalized spacial score (nSPS) is 22.6. The van der Waals surface area contributed by atoms with Gasteiger partial charge in [-0.05, 0) is 67.0 Å². The first kappa shape index (κ1) is 26.9. The average molecular weight is 521 g/mol. The first-order valence-electron chi connectivity index (χ1n) is 12.8. The standard InChI is InChI=1S/C27H35F3N4OS/c1-4-36-23-10-9-22(31-14-23)13-33-26(35)19-11-20-16-34(25(17(2)3)24(20)32-12-19)15-18-5-7-21(8-6-18)27(28,29)30/h9-12,14,17-18,21,25H,4-8,13,15-16H2,1-3H3,(H,33,35)/t18-,21-,25-/m0/s1. The Morgan fingerprint density at radius 2 is 1.92 bits per heavy atom. The quantitative estimate of drug-likeness (QED) is 0.408. The molecule has 0 aromatic carbocycles. The van der Waals surface area contributed by atoms with E-state index in [0.717, 1.165) is 34.1 Å². The lowest BCUT2D eigenvalue weighted by Crippen LogP contribution is -2.35. The maximum absolute atomic E-state index is 13.1. The molecule has 9 heteroatoms. The van der Waals surface area contributed by atoms with Crippen LogP contribution in [-0.2, 0) is 13.1 Å². The molecule has 1 atom stereocenters. The molecule has 0 bridgehead atoms. The van der Waals surface area contributed by atoms with E-state index in [1.54, 1.807) is 18.0 Å². The van der Waals surface area contributed by atoms with Crippen LogP contribution in [0.2, 0.25) is 0 Å². The molecule has 1 aliphatic heterocycles. The number of carbonyl (C=O) groups excluding carboxylic acids is 1. The van der Waals surface area contributed by atoms with Gasteiger partial charge in [0.15, 0.2) is 0 Å². The van der Waals surface area contributed by atoms with Gasteiger partial charge in [-0.25, -0.2) is 0 Å². The van der Waals surface area contributed by atoms with Crippen molar-refractivity contribution in [2.75, 3.05) is 12.3 Å². The summed E-state index contributed by atoms with van der Waals surface area (Å²) in [5.74, 6) is 0.208. The largest absolute Gasteiger partial charge is 0.391 e. The van der Waals surface area contributed by atoms with Gasteiger partial charge in [0.1, 0.15) is 0 Å². The average Bonchev–Trinajstić information content (AvgIpc) is 3.20. The van der Waals surface area contributed by atoms with Gasteiger partial charge in [-0.3, -0.25) is 19.7 Å². The van der Waals surface area contributed by atoms with Crippen LogP contribution < -0.4 is 5.32 Å². The molecule has 1 saturated carbocycles. The molecule has 5 nitrogen and oxygen atoms in total. The van der Waals surface area contributed by atoms with Crippen molar-refractivity contribution in [2.24, 2.45) is 17.8 Å². The van der Waals surface area contributed by atoms with Crippen LogP contribution in [-0.4, -0.2) is 39.2 Å². The smallest absolute Gasteiger partial charge is 0.346 e. The second-order valence-electron chi connectivity index (χ2n) is 10.2. The van der Waals surface area contributed by atoms with E-state index in [2.05, 4.69) is 41.0 Å². The number of amides is 1. The molecule has 2 aromatic rings. The Balaban J connectivity index is 1.37. The molecular formula is C27H35F3N4OS. The first-order valence-corrected chi connectivity index (χ1v) is 13.8. The number of hydrogen-bond donors (Lipinski definition) is 1. The van der Waals surface area contributed by atoms with Gasteiger partial charge in [-0.2, -0.15) is 13.2 Å². The number of fused-ring (bicyclic) bond motifs is 1. The fourth-order valence-electron chi connectivity index (χ4n) is 5.49. The third-order valence-corrected chi connectivity index (χ3v) is 8.15. The fourth-order valence-corrected chi connectivity index (χ4v) is 6.11. The minimum atomic E-state index is -4.08. The summed E-state index contributed by atoms with van der Waals surface area (Å²) in [5, 5.41) is 2.93. The summed E-state index contributed by atoms with van der Waals surface area (Å²) in [6.07, 6.45) is 1.03. The number of thioether (sulfide) groups is 1. The number of alkyl halides is 3. The van der Waals surface area contributed by atoms with Gasteiger partial charge in [0.05, 0.1) is 35.5 Å². The zero-order chi connectivity index (χ0) is 25.9. The second kappa shape index (κ2) is 11.5. The number of hydrogen-bond acceptors (Lipinski definition) is 5. The highest BCUT2D eigenvalue weighted by Crippen LogP contribution is 2.43. The molecule has 1 aliphatic carbocycles. The maximum atomic E-state index is 13.1. The number of aromatic nitrogens is 2. The van der Waals surface area contributed by atoms with Crippen molar-refractivity contribution in [1.29, 1.82) is 0 Å². The van der Waals surface area contributed by atoms with Crippen molar-refractivity contribution in [3.05, 3.63) is 53.1 Å². The van der Waals surface area contributed by atoms with E-state index < -0.39 is 12.1 Å². The fraction of sp³-hybridized carbons (Fsp3) is 0.593. The highest BCUT2D eigenvalue weighted by atomic mass is 32.2. The lowest BCUT2D eigenvalue weighted by atomic mass is 9.81. The van der Waals surface area contributed by atoms with Gasteiger partial charge < -0.3 is 5.32 Å². The van der Waals surface area contributed by atoms with E-state index in [0.29, 0.717) is 37.4 Å². The molecule has 2 aromatic heterocycles. The van der Waals surface area contributed by atoms with E-state index in [4.69, 9.17) is 0 Å². The highest BCUT2D eigenvalue weighted by Gasteiger charge is 2.42. The van der Waals surface area contributed by atoms with Crippen LogP contribution >= 0.6 is 11.8 Å². The predicted octanol–water partition coefficient (Wildman–Crippen LogP) is 6.40. The zero-order valence-corrected chi connectivity index (χ0v) is 22.0. The Morgan fingerprint density at radius 1 is 1.17 bits per heavy atom. The van der Waals surface area contributed by atoms with Crippen molar-refractivity contribution in [3.8, 4) is 0 Å². The topological polar surface area (TPSA) is 58.1 Å². The molecule has 1 N–H and O–H groups in total.